The van der Waals surface area contributed by atoms with Gasteiger partial charge < -0.3 is 9.47 Å². The Balaban J connectivity index is 1.69. The third kappa shape index (κ3) is 3.15. The molecule has 0 amide bonds. The van der Waals surface area contributed by atoms with E-state index >= 15 is 0 Å². The van der Waals surface area contributed by atoms with Crippen LogP contribution in [0.15, 0.2) is 29.5 Å². The average Bonchev–Trinajstić information content (AvgIpc) is 2.92. The van der Waals surface area contributed by atoms with E-state index < -0.39 is 0 Å². The molecule has 2 aromatic heterocycles. The zero-order valence-electron chi connectivity index (χ0n) is 12.4. The van der Waals surface area contributed by atoms with Crippen LogP contribution in [0.4, 0.5) is 5.69 Å². The van der Waals surface area contributed by atoms with Gasteiger partial charge >= 0.3 is 0 Å². The van der Waals surface area contributed by atoms with Gasteiger partial charge in [0.25, 0.3) is 5.56 Å². The van der Waals surface area contributed by atoms with Crippen LogP contribution >= 0.6 is 0 Å². The van der Waals surface area contributed by atoms with Crippen molar-refractivity contribution in [3.05, 3.63) is 40.8 Å². The van der Waals surface area contributed by atoms with E-state index in [2.05, 4.69) is 15.0 Å². The summed E-state index contributed by atoms with van der Waals surface area (Å²) in [6.45, 7) is 5.28. The molecule has 0 unspecified atom stereocenters. The second kappa shape index (κ2) is 6.11. The molecular weight excluding hydrogens is 266 g/mol. The van der Waals surface area contributed by atoms with Crippen molar-refractivity contribution in [3.8, 4) is 0 Å². The van der Waals surface area contributed by atoms with Crippen LogP contribution in [-0.4, -0.2) is 32.4 Å². The lowest BCUT2D eigenvalue weighted by molar-refractivity contribution is 0.502. The predicted molar refractivity (Wildman–Crippen MR) is 81.5 cm³/mol. The third-order valence-electron chi connectivity index (χ3n) is 4.05. The molecule has 0 saturated carbocycles. The van der Waals surface area contributed by atoms with Crippen LogP contribution in [0.25, 0.3) is 0 Å². The van der Waals surface area contributed by atoms with Crippen LogP contribution in [-0.2, 0) is 13.1 Å². The number of anilines is 1. The molecule has 0 atom stereocenters. The lowest BCUT2D eigenvalue weighted by atomic mass is 10.1. The Bertz CT molecular complexity index is 654. The summed E-state index contributed by atoms with van der Waals surface area (Å²) in [5, 5.41) is 4.31. The van der Waals surface area contributed by atoms with E-state index in [1.807, 2.05) is 23.9 Å². The van der Waals surface area contributed by atoms with Gasteiger partial charge in [0.15, 0.2) is 0 Å². The zero-order chi connectivity index (χ0) is 14.7. The molecule has 0 spiro atoms. The Morgan fingerprint density at radius 3 is 2.67 bits per heavy atom. The Kier molecular flexibility index (Phi) is 4.03. The topological polar surface area (TPSA) is 56.0 Å². The fourth-order valence-electron chi connectivity index (χ4n) is 2.76. The normalized spacial score (nSPS) is 15.4. The van der Waals surface area contributed by atoms with Gasteiger partial charge in [0.05, 0.1) is 18.4 Å². The quantitative estimate of drug-likeness (QED) is 0.854. The number of imidazole rings is 1. The highest BCUT2D eigenvalue weighted by Gasteiger charge is 2.12. The minimum atomic E-state index is -0.0316. The van der Waals surface area contributed by atoms with Crippen molar-refractivity contribution >= 4 is 5.69 Å². The van der Waals surface area contributed by atoms with E-state index in [1.54, 1.807) is 12.3 Å². The molecule has 3 heterocycles. The summed E-state index contributed by atoms with van der Waals surface area (Å²) in [7, 11) is 0. The molecule has 112 valence electrons. The molecule has 0 N–H and O–H groups in total. The van der Waals surface area contributed by atoms with E-state index in [1.165, 1.54) is 23.9 Å². The molecule has 6 heteroatoms. The minimum Gasteiger partial charge on any atom is -0.370 e. The highest BCUT2D eigenvalue weighted by Crippen LogP contribution is 2.16. The summed E-state index contributed by atoms with van der Waals surface area (Å²) in [5.74, 6) is 0.952. The Morgan fingerprint density at radius 2 is 2.00 bits per heavy atom. The van der Waals surface area contributed by atoms with Crippen LogP contribution in [0.5, 0.6) is 0 Å². The molecule has 6 nitrogen and oxygen atoms in total. The summed E-state index contributed by atoms with van der Waals surface area (Å²) in [6.07, 6.45) is 9.18. The van der Waals surface area contributed by atoms with Gasteiger partial charge in [-0.2, -0.15) is 5.10 Å². The van der Waals surface area contributed by atoms with E-state index in [-0.39, 0.29) is 5.56 Å². The van der Waals surface area contributed by atoms with Crippen LogP contribution in [0.1, 0.15) is 25.1 Å². The Morgan fingerprint density at radius 1 is 1.19 bits per heavy atom. The molecule has 0 aromatic carbocycles. The minimum absolute atomic E-state index is 0.0316. The van der Waals surface area contributed by atoms with Crippen molar-refractivity contribution in [2.24, 2.45) is 0 Å². The van der Waals surface area contributed by atoms with Crippen molar-refractivity contribution in [3.63, 3.8) is 0 Å². The van der Waals surface area contributed by atoms with Crippen LogP contribution in [0.3, 0.4) is 0 Å². The number of hydrogen-bond donors (Lipinski definition) is 0. The molecule has 1 aliphatic heterocycles. The number of aryl methyl sites for hydroxylation is 3. The largest absolute Gasteiger partial charge is 0.370 e. The fourth-order valence-corrected chi connectivity index (χ4v) is 2.76. The SMILES string of the molecule is Cc1nccn1CCn1ncc(N2CCCCC2)cc1=O. The summed E-state index contributed by atoms with van der Waals surface area (Å²) < 4.78 is 3.54. The van der Waals surface area contributed by atoms with Crippen molar-refractivity contribution in [1.82, 2.24) is 19.3 Å². The van der Waals surface area contributed by atoms with E-state index in [0.29, 0.717) is 13.1 Å². The van der Waals surface area contributed by atoms with Crippen molar-refractivity contribution in [1.29, 1.82) is 0 Å². The first kappa shape index (κ1) is 13.9. The molecule has 0 bridgehead atoms. The second-order valence-corrected chi connectivity index (χ2v) is 5.49. The molecule has 3 rings (SSSR count). The maximum atomic E-state index is 12.2. The van der Waals surface area contributed by atoms with Crippen LogP contribution < -0.4 is 10.5 Å². The van der Waals surface area contributed by atoms with Crippen molar-refractivity contribution < 1.29 is 0 Å². The molecule has 2 aromatic rings. The van der Waals surface area contributed by atoms with E-state index in [9.17, 15) is 4.79 Å². The summed E-state index contributed by atoms with van der Waals surface area (Å²) in [6, 6.07) is 1.71. The van der Waals surface area contributed by atoms with Gasteiger partial charge in [-0.05, 0) is 26.2 Å². The standard InChI is InChI=1S/C15H21N5O/c1-13-16-5-8-18(13)9-10-20-15(21)11-14(12-17-20)19-6-3-2-4-7-19/h5,8,11-12H,2-4,6-7,9-10H2,1H3. The van der Waals surface area contributed by atoms with Crippen LogP contribution in [0, 0.1) is 6.92 Å². The Labute approximate surface area is 124 Å². The Hall–Kier alpha value is -2.11. The summed E-state index contributed by atoms with van der Waals surface area (Å²) >= 11 is 0. The maximum absolute atomic E-state index is 12.2. The highest BCUT2D eigenvalue weighted by atomic mass is 16.1. The number of hydrogen-bond acceptors (Lipinski definition) is 4. The van der Waals surface area contributed by atoms with Gasteiger partial charge in [-0.3, -0.25) is 4.79 Å². The number of aromatic nitrogens is 4. The summed E-state index contributed by atoms with van der Waals surface area (Å²) in [5.41, 5.74) is 0.922. The van der Waals surface area contributed by atoms with Crippen LogP contribution in [0.2, 0.25) is 0 Å². The average molecular weight is 287 g/mol. The first-order valence-electron chi connectivity index (χ1n) is 7.54. The molecule has 0 aliphatic carbocycles. The number of piperidine rings is 1. The van der Waals surface area contributed by atoms with Crippen molar-refractivity contribution in [2.45, 2.75) is 39.3 Å². The molecule has 1 fully saturated rings. The molecule has 21 heavy (non-hydrogen) atoms. The first-order chi connectivity index (χ1) is 10.2. The lowest BCUT2D eigenvalue weighted by Gasteiger charge is -2.28. The maximum Gasteiger partial charge on any atom is 0.268 e. The molecule has 1 aliphatic rings. The fraction of sp³-hybridized carbons (Fsp3) is 0.533. The van der Waals surface area contributed by atoms with Crippen molar-refractivity contribution in [2.75, 3.05) is 18.0 Å². The molecule has 0 radical (unpaired) electrons. The van der Waals surface area contributed by atoms with Gasteiger partial charge in [0.1, 0.15) is 5.82 Å². The summed E-state index contributed by atoms with van der Waals surface area (Å²) in [4.78, 5) is 18.6. The lowest BCUT2D eigenvalue weighted by Crippen LogP contribution is -2.32. The number of rotatable bonds is 4. The molecule has 1 saturated heterocycles. The third-order valence-corrected chi connectivity index (χ3v) is 4.05. The van der Waals surface area contributed by atoms with Gasteiger partial charge in [0, 0.05) is 38.1 Å². The van der Waals surface area contributed by atoms with E-state index in [4.69, 9.17) is 0 Å². The highest BCUT2D eigenvalue weighted by molar-refractivity contribution is 5.43. The smallest absolute Gasteiger partial charge is 0.268 e. The monoisotopic (exact) mass is 287 g/mol. The van der Waals surface area contributed by atoms with E-state index in [0.717, 1.165) is 24.6 Å². The van der Waals surface area contributed by atoms with Gasteiger partial charge in [-0.1, -0.05) is 0 Å². The molecular formula is C15H21N5O. The number of nitrogens with zero attached hydrogens (tertiary/aromatic N) is 5. The van der Waals surface area contributed by atoms with Gasteiger partial charge in [-0.15, -0.1) is 0 Å². The zero-order valence-corrected chi connectivity index (χ0v) is 12.4. The predicted octanol–water partition coefficient (Wildman–Crippen LogP) is 1.44. The van der Waals surface area contributed by atoms with Gasteiger partial charge in [0.2, 0.25) is 0 Å². The second-order valence-electron chi connectivity index (χ2n) is 5.49. The van der Waals surface area contributed by atoms with Gasteiger partial charge in [-0.25, -0.2) is 9.67 Å². The first-order valence-corrected chi connectivity index (χ1v) is 7.54.